The van der Waals surface area contributed by atoms with Gasteiger partial charge in [-0.1, -0.05) is 12.1 Å². The van der Waals surface area contributed by atoms with Gasteiger partial charge < -0.3 is 19.5 Å². The zero-order valence-corrected chi connectivity index (χ0v) is 17.7. The summed E-state index contributed by atoms with van der Waals surface area (Å²) in [6, 6.07) is 15.6. The van der Waals surface area contributed by atoms with E-state index in [9.17, 15) is 4.39 Å². The number of likely N-dealkylation sites (N-methyl/N-ethyl adjacent to an activating group) is 1. The number of nitrogens with zero attached hydrogens (tertiary/aromatic N) is 3. The molecule has 3 heterocycles. The van der Waals surface area contributed by atoms with Crippen molar-refractivity contribution in [3.63, 3.8) is 0 Å². The first-order valence-electron chi connectivity index (χ1n) is 10.5. The van der Waals surface area contributed by atoms with E-state index in [2.05, 4.69) is 57.1 Å². The third-order valence-corrected chi connectivity index (χ3v) is 6.07. The Labute approximate surface area is 181 Å². The van der Waals surface area contributed by atoms with Crippen molar-refractivity contribution in [2.75, 3.05) is 45.2 Å². The van der Waals surface area contributed by atoms with Crippen LogP contribution in [0.3, 0.4) is 0 Å². The average molecular weight is 417 g/mol. The highest BCUT2D eigenvalue weighted by atomic mass is 19.1. The second-order valence-electron chi connectivity index (χ2n) is 8.01. The van der Waals surface area contributed by atoms with Gasteiger partial charge in [0.2, 0.25) is 0 Å². The van der Waals surface area contributed by atoms with Gasteiger partial charge in [0.05, 0.1) is 7.11 Å². The summed E-state index contributed by atoms with van der Waals surface area (Å²) >= 11 is 0. The van der Waals surface area contributed by atoms with Crippen LogP contribution in [0.15, 0.2) is 60.9 Å². The number of halogens is 1. The topological polar surface area (TPSA) is 44.4 Å². The van der Waals surface area contributed by atoms with Crippen molar-refractivity contribution in [3.8, 4) is 28.0 Å². The number of rotatable bonds is 4. The first kappa shape index (κ1) is 19.6. The Kier molecular flexibility index (Phi) is 5.08. The fourth-order valence-corrected chi connectivity index (χ4v) is 4.15. The minimum absolute atomic E-state index is 0.317. The monoisotopic (exact) mass is 416 g/mol. The summed E-state index contributed by atoms with van der Waals surface area (Å²) in [6.45, 7) is 4.26. The van der Waals surface area contributed by atoms with Crippen LogP contribution in [0.4, 0.5) is 10.1 Å². The van der Waals surface area contributed by atoms with E-state index in [1.807, 2.05) is 12.4 Å². The molecular weight excluding hydrogens is 391 g/mol. The van der Waals surface area contributed by atoms with Gasteiger partial charge in [0, 0.05) is 72.4 Å². The molecule has 158 valence electrons. The minimum atomic E-state index is -0.317. The van der Waals surface area contributed by atoms with Gasteiger partial charge in [-0.25, -0.2) is 9.37 Å². The maximum atomic E-state index is 14.7. The van der Waals surface area contributed by atoms with Gasteiger partial charge >= 0.3 is 0 Å². The van der Waals surface area contributed by atoms with Gasteiger partial charge in [-0.05, 0) is 42.9 Å². The summed E-state index contributed by atoms with van der Waals surface area (Å²) in [5.74, 6) is 0.183. The van der Waals surface area contributed by atoms with Crippen molar-refractivity contribution in [3.05, 3.63) is 66.7 Å². The van der Waals surface area contributed by atoms with Crippen molar-refractivity contribution in [2.24, 2.45) is 0 Å². The zero-order chi connectivity index (χ0) is 21.4. The van der Waals surface area contributed by atoms with E-state index in [1.54, 1.807) is 12.1 Å². The first-order chi connectivity index (χ1) is 15.1. The van der Waals surface area contributed by atoms with Gasteiger partial charge in [-0.15, -0.1) is 0 Å². The maximum absolute atomic E-state index is 14.7. The van der Waals surface area contributed by atoms with Crippen LogP contribution >= 0.6 is 0 Å². The van der Waals surface area contributed by atoms with E-state index in [0.717, 1.165) is 53.9 Å². The molecular formula is C25H25FN4O. The van der Waals surface area contributed by atoms with Crippen LogP contribution in [0.1, 0.15) is 0 Å². The Bertz CT molecular complexity index is 1210. The molecule has 1 fully saturated rings. The molecule has 0 amide bonds. The lowest BCUT2D eigenvalue weighted by molar-refractivity contribution is 0.313. The smallest absolute Gasteiger partial charge is 0.137 e. The summed E-state index contributed by atoms with van der Waals surface area (Å²) in [6.07, 6.45) is 3.67. The Morgan fingerprint density at radius 3 is 2.42 bits per heavy atom. The minimum Gasteiger partial charge on any atom is -0.497 e. The molecule has 0 bridgehead atoms. The second-order valence-corrected chi connectivity index (χ2v) is 8.01. The van der Waals surface area contributed by atoms with E-state index in [4.69, 9.17) is 4.74 Å². The summed E-state index contributed by atoms with van der Waals surface area (Å²) < 4.78 is 19.8. The van der Waals surface area contributed by atoms with Crippen LogP contribution < -0.4 is 9.64 Å². The summed E-state index contributed by atoms with van der Waals surface area (Å²) in [5, 5.41) is 0.893. The molecule has 6 heteroatoms. The Morgan fingerprint density at radius 2 is 1.71 bits per heavy atom. The van der Waals surface area contributed by atoms with Gasteiger partial charge in [0.15, 0.2) is 0 Å². The van der Waals surface area contributed by atoms with E-state index in [0.29, 0.717) is 11.3 Å². The highest BCUT2D eigenvalue weighted by molar-refractivity contribution is 5.96. The Hall–Kier alpha value is -3.38. The molecule has 2 aromatic carbocycles. The number of benzene rings is 2. The second kappa shape index (κ2) is 8.04. The highest BCUT2D eigenvalue weighted by Gasteiger charge is 2.15. The van der Waals surface area contributed by atoms with Crippen molar-refractivity contribution < 1.29 is 9.13 Å². The predicted octanol–water partition coefficient (Wildman–Crippen LogP) is 4.80. The molecule has 0 saturated carbocycles. The number of hydrogen-bond acceptors (Lipinski definition) is 4. The Balaban J connectivity index is 1.47. The third-order valence-electron chi connectivity index (χ3n) is 6.07. The Morgan fingerprint density at radius 1 is 0.935 bits per heavy atom. The SMILES string of the molecule is COc1ccc(-c2c[nH]c3ncc(-c4ccc(N5CCN(C)CC5)cc4)cc23)c(F)c1. The standard InChI is InChI=1S/C25H25FN4O/c1-29-9-11-30(12-10-29)19-5-3-17(4-6-19)18-13-22-23(16-28-25(22)27-15-18)21-8-7-20(31-2)14-24(21)26/h3-8,13-16H,9-12H2,1-2H3,(H,27,28). The predicted molar refractivity (Wildman–Crippen MR) is 123 cm³/mol. The molecule has 31 heavy (non-hydrogen) atoms. The molecule has 2 aromatic heterocycles. The van der Waals surface area contributed by atoms with Crippen molar-refractivity contribution in [2.45, 2.75) is 0 Å². The summed E-state index contributed by atoms with van der Waals surface area (Å²) in [5.41, 5.74) is 5.40. The van der Waals surface area contributed by atoms with Crippen LogP contribution in [-0.4, -0.2) is 55.2 Å². The molecule has 0 spiro atoms. The van der Waals surface area contributed by atoms with Crippen LogP contribution in [0.2, 0.25) is 0 Å². The number of aromatic amines is 1. The summed E-state index contributed by atoms with van der Waals surface area (Å²) in [7, 11) is 3.70. The lowest BCUT2D eigenvalue weighted by Crippen LogP contribution is -2.44. The summed E-state index contributed by atoms with van der Waals surface area (Å²) in [4.78, 5) is 12.5. The third kappa shape index (κ3) is 3.75. The van der Waals surface area contributed by atoms with Gasteiger partial charge in [-0.3, -0.25) is 0 Å². The van der Waals surface area contributed by atoms with Crippen LogP contribution in [-0.2, 0) is 0 Å². The number of fused-ring (bicyclic) bond motifs is 1. The molecule has 0 aliphatic carbocycles. The molecule has 5 rings (SSSR count). The lowest BCUT2D eigenvalue weighted by atomic mass is 10.0. The molecule has 1 aliphatic heterocycles. The zero-order valence-electron chi connectivity index (χ0n) is 17.7. The van der Waals surface area contributed by atoms with Crippen LogP contribution in [0.25, 0.3) is 33.3 Å². The average Bonchev–Trinajstić information content (AvgIpc) is 3.22. The number of pyridine rings is 1. The number of hydrogen-bond donors (Lipinski definition) is 1. The number of piperazine rings is 1. The molecule has 0 unspecified atom stereocenters. The normalized spacial score (nSPS) is 14.9. The van der Waals surface area contributed by atoms with Crippen molar-refractivity contribution in [1.82, 2.24) is 14.9 Å². The number of methoxy groups -OCH3 is 1. The van der Waals surface area contributed by atoms with Crippen LogP contribution in [0.5, 0.6) is 5.75 Å². The maximum Gasteiger partial charge on any atom is 0.137 e. The fraction of sp³-hybridized carbons (Fsp3) is 0.240. The first-order valence-corrected chi connectivity index (χ1v) is 10.5. The molecule has 1 aliphatic rings. The van der Waals surface area contributed by atoms with Gasteiger partial charge in [0.1, 0.15) is 17.2 Å². The molecule has 0 radical (unpaired) electrons. The number of aromatic nitrogens is 2. The highest BCUT2D eigenvalue weighted by Crippen LogP contribution is 2.34. The molecule has 0 atom stereocenters. The van der Waals surface area contributed by atoms with E-state index >= 15 is 0 Å². The van der Waals surface area contributed by atoms with Crippen molar-refractivity contribution >= 4 is 16.7 Å². The number of ether oxygens (including phenoxy) is 1. The quantitative estimate of drug-likeness (QED) is 0.519. The number of anilines is 1. The van der Waals surface area contributed by atoms with Crippen molar-refractivity contribution in [1.29, 1.82) is 0 Å². The molecule has 1 N–H and O–H groups in total. The van der Waals surface area contributed by atoms with Crippen LogP contribution in [0, 0.1) is 5.82 Å². The largest absolute Gasteiger partial charge is 0.497 e. The molecule has 5 nitrogen and oxygen atoms in total. The fourth-order valence-electron chi connectivity index (χ4n) is 4.15. The number of nitrogens with one attached hydrogen (secondary N) is 1. The molecule has 1 saturated heterocycles. The van der Waals surface area contributed by atoms with Gasteiger partial charge in [0.25, 0.3) is 0 Å². The van der Waals surface area contributed by atoms with Gasteiger partial charge in [-0.2, -0.15) is 0 Å². The number of H-pyrrole nitrogens is 1. The van der Waals surface area contributed by atoms with E-state index in [1.165, 1.54) is 18.9 Å². The van der Waals surface area contributed by atoms with E-state index in [-0.39, 0.29) is 5.82 Å². The molecule has 4 aromatic rings. The van der Waals surface area contributed by atoms with E-state index < -0.39 is 0 Å². The lowest BCUT2D eigenvalue weighted by Gasteiger charge is -2.34.